The molecule has 1 fully saturated rings. The fourth-order valence-corrected chi connectivity index (χ4v) is 5.89. The van der Waals surface area contributed by atoms with E-state index < -0.39 is 12.0 Å². The maximum Gasteiger partial charge on any atom is 0.338 e. The molecule has 39 heavy (non-hydrogen) atoms. The molecule has 0 N–H and O–H groups in total. The lowest BCUT2D eigenvalue weighted by atomic mass is 9.96. The average molecular weight is 548 g/mol. The lowest BCUT2D eigenvalue weighted by molar-refractivity contribution is -0.143. The monoisotopic (exact) mass is 547 g/mol. The fraction of sp³-hybridized carbons (Fsp3) is 0.367. The maximum atomic E-state index is 13.8. The minimum Gasteiger partial charge on any atom is -0.494 e. The van der Waals surface area contributed by atoms with Gasteiger partial charge in [-0.2, -0.15) is 0 Å². The summed E-state index contributed by atoms with van der Waals surface area (Å²) in [6.45, 7) is 11.1. The summed E-state index contributed by atoms with van der Waals surface area (Å²) in [5, 5.41) is 0. The summed E-state index contributed by atoms with van der Waals surface area (Å²) in [6, 6.07) is 15.0. The number of rotatable bonds is 7. The van der Waals surface area contributed by atoms with E-state index in [2.05, 4.69) is 22.0 Å². The van der Waals surface area contributed by atoms with Gasteiger partial charge in [-0.15, -0.1) is 0 Å². The highest BCUT2D eigenvalue weighted by Crippen LogP contribution is 2.32. The number of hydrogen-bond donors (Lipinski definition) is 0. The number of hydrogen-bond acceptors (Lipinski definition) is 8. The minimum atomic E-state index is -0.658. The Hall–Kier alpha value is -3.69. The van der Waals surface area contributed by atoms with Gasteiger partial charge in [0.1, 0.15) is 5.75 Å². The zero-order chi connectivity index (χ0) is 27.5. The number of nitrogens with zero attached hydrogens (tertiary/aromatic N) is 3. The first-order chi connectivity index (χ1) is 18.9. The molecule has 0 saturated carbocycles. The number of benzene rings is 2. The number of esters is 1. The van der Waals surface area contributed by atoms with Gasteiger partial charge in [-0.25, -0.2) is 9.79 Å². The second-order valence-electron chi connectivity index (χ2n) is 9.73. The zero-order valence-corrected chi connectivity index (χ0v) is 23.5. The number of allylic oxidation sites excluding steroid dienone is 1. The van der Waals surface area contributed by atoms with Gasteiger partial charge in [0.25, 0.3) is 5.56 Å². The van der Waals surface area contributed by atoms with Crippen molar-refractivity contribution >= 4 is 29.1 Å². The lowest BCUT2D eigenvalue weighted by Gasteiger charge is -2.28. The van der Waals surface area contributed by atoms with Crippen LogP contribution < -0.4 is 24.5 Å². The largest absolute Gasteiger partial charge is 0.494 e. The van der Waals surface area contributed by atoms with E-state index >= 15 is 0 Å². The molecule has 2 aromatic carbocycles. The van der Waals surface area contributed by atoms with Gasteiger partial charge < -0.3 is 19.1 Å². The van der Waals surface area contributed by atoms with E-state index in [1.165, 1.54) is 11.3 Å². The molecule has 0 amide bonds. The third kappa shape index (κ3) is 5.69. The molecule has 0 bridgehead atoms. The number of aromatic nitrogens is 1. The van der Waals surface area contributed by atoms with E-state index in [1.807, 2.05) is 49.4 Å². The molecule has 9 heteroatoms. The molecule has 1 saturated heterocycles. The van der Waals surface area contributed by atoms with E-state index in [-0.39, 0.29) is 11.7 Å². The molecule has 2 aliphatic rings. The van der Waals surface area contributed by atoms with Gasteiger partial charge in [0.2, 0.25) is 0 Å². The van der Waals surface area contributed by atoms with Gasteiger partial charge in [0.05, 0.1) is 47.8 Å². The van der Waals surface area contributed by atoms with E-state index in [1.54, 1.807) is 25.3 Å². The number of morpholine rings is 1. The summed E-state index contributed by atoms with van der Waals surface area (Å²) in [7, 11) is 0. The molecule has 5 rings (SSSR count). The molecule has 8 nitrogen and oxygen atoms in total. The Bertz CT molecular complexity index is 1550. The van der Waals surface area contributed by atoms with Crippen LogP contribution >= 0.6 is 11.3 Å². The van der Waals surface area contributed by atoms with Crippen molar-refractivity contribution in [3.63, 3.8) is 0 Å². The Morgan fingerprint density at radius 3 is 2.46 bits per heavy atom. The van der Waals surface area contributed by atoms with Crippen LogP contribution in [0.5, 0.6) is 5.75 Å². The lowest BCUT2D eigenvalue weighted by Crippen LogP contribution is -2.40. The summed E-state index contributed by atoms with van der Waals surface area (Å²) in [6.07, 6.45) is 1.58. The average Bonchev–Trinajstić information content (AvgIpc) is 3.23. The summed E-state index contributed by atoms with van der Waals surface area (Å²) >= 11 is 1.32. The number of thiazole rings is 1. The smallest absolute Gasteiger partial charge is 0.338 e. The molecular weight excluding hydrogens is 514 g/mol. The van der Waals surface area contributed by atoms with Gasteiger partial charge in [0.15, 0.2) is 4.80 Å². The van der Waals surface area contributed by atoms with Crippen molar-refractivity contribution in [2.45, 2.75) is 39.8 Å². The van der Waals surface area contributed by atoms with Crippen molar-refractivity contribution in [3.8, 4) is 5.75 Å². The van der Waals surface area contributed by atoms with Crippen molar-refractivity contribution < 1.29 is 19.0 Å². The number of carbonyl (C=O) groups excluding carboxylic acids is 1. The van der Waals surface area contributed by atoms with Crippen LogP contribution in [-0.2, 0) is 14.3 Å². The van der Waals surface area contributed by atoms with Gasteiger partial charge in [-0.05, 0) is 69.2 Å². The molecule has 3 aromatic rings. The van der Waals surface area contributed by atoms with Crippen molar-refractivity contribution in [1.29, 1.82) is 0 Å². The van der Waals surface area contributed by atoms with Crippen molar-refractivity contribution in [2.24, 2.45) is 4.99 Å². The first kappa shape index (κ1) is 26.9. The van der Waals surface area contributed by atoms with Crippen molar-refractivity contribution in [2.75, 3.05) is 37.8 Å². The summed E-state index contributed by atoms with van der Waals surface area (Å²) in [5.41, 5.74) is 3.55. The van der Waals surface area contributed by atoms with E-state index in [0.717, 1.165) is 48.9 Å². The Morgan fingerprint density at radius 2 is 1.82 bits per heavy atom. The number of ether oxygens (including phenoxy) is 3. The zero-order valence-electron chi connectivity index (χ0n) is 22.7. The van der Waals surface area contributed by atoms with Crippen molar-refractivity contribution in [1.82, 2.24) is 4.57 Å². The SMILES string of the molecule is CCOc1ccc([C@@H]2C(C(=O)OC(C)C)=C(C)N=c3s/c(=C\c4ccc(N5CCOCC5)cc4)c(=O)n32)cc1. The first-order valence-electron chi connectivity index (χ1n) is 13.2. The molecule has 3 heterocycles. The first-order valence-corrected chi connectivity index (χ1v) is 14.1. The highest BCUT2D eigenvalue weighted by molar-refractivity contribution is 7.07. The van der Waals surface area contributed by atoms with E-state index in [9.17, 15) is 9.59 Å². The minimum absolute atomic E-state index is 0.197. The van der Waals surface area contributed by atoms with Crippen LogP contribution in [0.3, 0.4) is 0 Å². The van der Waals surface area contributed by atoms with E-state index in [0.29, 0.717) is 27.2 Å². The standard InChI is InChI=1S/C30H33N3O5S/c1-5-37-24-12-8-22(9-13-24)27-26(29(35)38-19(2)3)20(4)31-30-33(27)28(34)25(39-30)18-21-6-10-23(11-7-21)32-14-16-36-17-15-32/h6-13,18-19,27H,5,14-17H2,1-4H3/b25-18-/t27-/m1/s1. The predicted octanol–water partition coefficient (Wildman–Crippen LogP) is 3.42. The Kier molecular flexibility index (Phi) is 7.99. The van der Waals surface area contributed by atoms with Crippen LogP contribution in [-0.4, -0.2) is 49.6 Å². The molecule has 2 aliphatic heterocycles. The number of fused-ring (bicyclic) bond motifs is 1. The molecule has 0 aliphatic carbocycles. The molecular formula is C30H33N3O5S. The molecule has 1 atom stereocenters. The van der Waals surface area contributed by atoms with Crippen LogP contribution in [0, 0.1) is 0 Å². The molecule has 204 valence electrons. The quantitative estimate of drug-likeness (QED) is 0.422. The van der Waals surface area contributed by atoms with Crippen LogP contribution in [0.25, 0.3) is 6.08 Å². The van der Waals surface area contributed by atoms with Crippen LogP contribution in [0.2, 0.25) is 0 Å². The van der Waals surface area contributed by atoms with Gasteiger partial charge in [0, 0.05) is 18.8 Å². The third-order valence-corrected chi connectivity index (χ3v) is 7.64. The van der Waals surface area contributed by atoms with Crippen LogP contribution in [0.4, 0.5) is 5.69 Å². The summed E-state index contributed by atoms with van der Waals surface area (Å²) in [5.74, 6) is 0.249. The topological polar surface area (TPSA) is 82.4 Å². The molecule has 0 unspecified atom stereocenters. The molecule has 0 spiro atoms. The van der Waals surface area contributed by atoms with Gasteiger partial charge in [-0.1, -0.05) is 35.6 Å². The third-order valence-electron chi connectivity index (χ3n) is 6.66. The second-order valence-corrected chi connectivity index (χ2v) is 10.7. The Labute approximate surface area is 231 Å². The number of carbonyl (C=O) groups is 1. The number of anilines is 1. The van der Waals surface area contributed by atoms with Crippen LogP contribution in [0.1, 0.15) is 44.9 Å². The summed E-state index contributed by atoms with van der Waals surface area (Å²) in [4.78, 5) is 34.6. The van der Waals surface area contributed by atoms with Gasteiger partial charge in [-0.3, -0.25) is 9.36 Å². The van der Waals surface area contributed by atoms with Crippen molar-refractivity contribution in [3.05, 3.63) is 90.6 Å². The highest BCUT2D eigenvalue weighted by Gasteiger charge is 2.33. The fourth-order valence-electron chi connectivity index (χ4n) is 4.84. The molecule has 0 radical (unpaired) electrons. The predicted molar refractivity (Wildman–Crippen MR) is 152 cm³/mol. The Morgan fingerprint density at radius 1 is 1.13 bits per heavy atom. The Balaban J connectivity index is 1.57. The van der Waals surface area contributed by atoms with E-state index in [4.69, 9.17) is 14.2 Å². The summed E-state index contributed by atoms with van der Waals surface area (Å²) < 4.78 is 18.8. The highest BCUT2D eigenvalue weighted by atomic mass is 32.1. The second kappa shape index (κ2) is 11.6. The van der Waals surface area contributed by atoms with Gasteiger partial charge >= 0.3 is 5.97 Å². The maximum absolute atomic E-state index is 13.8. The molecule has 1 aromatic heterocycles. The van der Waals surface area contributed by atoms with Crippen LogP contribution in [0.15, 0.2) is 69.6 Å². The normalized spacial score (nSPS) is 17.7.